The van der Waals surface area contributed by atoms with Gasteiger partial charge in [-0.15, -0.1) is 0 Å². The fourth-order valence-corrected chi connectivity index (χ4v) is 1.35. The molecule has 0 atom stereocenters. The second kappa shape index (κ2) is 3.22. The van der Waals surface area contributed by atoms with Crippen LogP contribution in [0, 0.1) is 23.1 Å². The summed E-state index contributed by atoms with van der Waals surface area (Å²) in [4.78, 5) is 11.6. The standard InChI is InChI=1S/C11H8FNO/c12-10-4-3-8(5-9(10)6-13)11(14)7-1-2-7/h3-5,7H,1-2H2. The normalized spacial score (nSPS) is 14.9. The zero-order valence-electron chi connectivity index (χ0n) is 7.46. The van der Waals surface area contributed by atoms with Gasteiger partial charge in [0, 0.05) is 11.5 Å². The highest BCUT2D eigenvalue weighted by atomic mass is 19.1. The van der Waals surface area contributed by atoms with E-state index in [-0.39, 0.29) is 17.3 Å². The van der Waals surface area contributed by atoms with Crippen LogP contribution in [-0.2, 0) is 0 Å². The largest absolute Gasteiger partial charge is 0.294 e. The van der Waals surface area contributed by atoms with Gasteiger partial charge in [0.05, 0.1) is 5.56 Å². The van der Waals surface area contributed by atoms with Gasteiger partial charge >= 0.3 is 0 Å². The first-order valence-corrected chi connectivity index (χ1v) is 4.46. The smallest absolute Gasteiger partial charge is 0.165 e. The molecule has 0 radical (unpaired) electrons. The van der Waals surface area contributed by atoms with Gasteiger partial charge in [0.2, 0.25) is 0 Å². The molecule has 0 bridgehead atoms. The molecule has 70 valence electrons. The Morgan fingerprint density at radius 3 is 2.79 bits per heavy atom. The van der Waals surface area contributed by atoms with Gasteiger partial charge in [0.1, 0.15) is 11.9 Å². The predicted octanol–water partition coefficient (Wildman–Crippen LogP) is 2.29. The molecular formula is C11H8FNO. The van der Waals surface area contributed by atoms with Crippen molar-refractivity contribution in [1.29, 1.82) is 5.26 Å². The molecule has 0 heterocycles. The molecule has 1 aliphatic rings. The topological polar surface area (TPSA) is 40.9 Å². The van der Waals surface area contributed by atoms with Crippen molar-refractivity contribution in [3.63, 3.8) is 0 Å². The van der Waals surface area contributed by atoms with E-state index in [0.29, 0.717) is 5.56 Å². The number of ketones is 1. The molecule has 0 N–H and O–H groups in total. The van der Waals surface area contributed by atoms with Crippen LogP contribution in [0.5, 0.6) is 0 Å². The molecule has 0 aromatic heterocycles. The molecule has 0 aliphatic heterocycles. The number of halogens is 1. The van der Waals surface area contributed by atoms with Crippen LogP contribution in [-0.4, -0.2) is 5.78 Å². The first-order chi connectivity index (χ1) is 6.72. The van der Waals surface area contributed by atoms with E-state index < -0.39 is 5.82 Å². The van der Waals surface area contributed by atoms with Crippen LogP contribution in [0.2, 0.25) is 0 Å². The molecule has 1 aromatic carbocycles. The van der Waals surface area contributed by atoms with Crippen molar-refractivity contribution in [2.75, 3.05) is 0 Å². The van der Waals surface area contributed by atoms with E-state index in [9.17, 15) is 9.18 Å². The molecule has 0 unspecified atom stereocenters. The third kappa shape index (κ3) is 1.51. The summed E-state index contributed by atoms with van der Waals surface area (Å²) in [6.45, 7) is 0. The summed E-state index contributed by atoms with van der Waals surface area (Å²) in [6.07, 6.45) is 1.83. The first kappa shape index (κ1) is 8.89. The van der Waals surface area contributed by atoms with E-state index in [4.69, 9.17) is 5.26 Å². The lowest BCUT2D eigenvalue weighted by molar-refractivity contribution is 0.0967. The Labute approximate surface area is 81.0 Å². The molecule has 1 aliphatic carbocycles. The van der Waals surface area contributed by atoms with Gasteiger partial charge in [-0.1, -0.05) is 0 Å². The highest BCUT2D eigenvalue weighted by Gasteiger charge is 2.30. The minimum Gasteiger partial charge on any atom is -0.294 e. The summed E-state index contributed by atoms with van der Waals surface area (Å²) in [5, 5.41) is 8.58. The first-order valence-electron chi connectivity index (χ1n) is 4.46. The molecule has 3 heteroatoms. The Kier molecular flexibility index (Phi) is 2.05. The molecule has 1 fully saturated rings. The van der Waals surface area contributed by atoms with Gasteiger partial charge in [0.25, 0.3) is 0 Å². The molecule has 0 amide bonds. The Bertz CT molecular complexity index is 429. The van der Waals surface area contributed by atoms with E-state index >= 15 is 0 Å². The minimum absolute atomic E-state index is 0.0292. The Hall–Kier alpha value is -1.69. The number of Topliss-reactive ketones (excluding diaryl/α,β-unsaturated/α-hetero) is 1. The van der Waals surface area contributed by atoms with E-state index in [1.165, 1.54) is 18.2 Å². The van der Waals surface area contributed by atoms with Crippen molar-refractivity contribution >= 4 is 5.78 Å². The number of carbonyl (C=O) groups is 1. The Morgan fingerprint density at radius 2 is 2.21 bits per heavy atom. The summed E-state index contributed by atoms with van der Waals surface area (Å²) in [7, 11) is 0. The van der Waals surface area contributed by atoms with Crippen molar-refractivity contribution in [1.82, 2.24) is 0 Å². The fraction of sp³-hybridized carbons (Fsp3) is 0.273. The molecule has 14 heavy (non-hydrogen) atoms. The number of carbonyl (C=O) groups excluding carboxylic acids is 1. The van der Waals surface area contributed by atoms with Crippen LogP contribution in [0.1, 0.15) is 28.8 Å². The maximum absolute atomic E-state index is 12.9. The summed E-state index contributed by atoms with van der Waals surface area (Å²) >= 11 is 0. The SMILES string of the molecule is N#Cc1cc(C(=O)C2CC2)ccc1F. The van der Waals surface area contributed by atoms with Gasteiger partial charge < -0.3 is 0 Å². The molecule has 0 spiro atoms. The third-order valence-corrected chi connectivity index (χ3v) is 2.32. The summed E-state index contributed by atoms with van der Waals surface area (Å²) in [5.41, 5.74) is 0.391. The van der Waals surface area contributed by atoms with Gasteiger partial charge in [-0.05, 0) is 31.0 Å². The summed E-state index contributed by atoms with van der Waals surface area (Å²) < 4.78 is 12.9. The number of nitriles is 1. The van der Waals surface area contributed by atoms with E-state index in [0.717, 1.165) is 12.8 Å². The maximum Gasteiger partial charge on any atom is 0.165 e. The fourth-order valence-electron chi connectivity index (χ4n) is 1.35. The Balaban J connectivity index is 2.35. The van der Waals surface area contributed by atoms with Gasteiger partial charge in [0.15, 0.2) is 5.78 Å². The van der Waals surface area contributed by atoms with Crippen molar-refractivity contribution in [2.45, 2.75) is 12.8 Å². The van der Waals surface area contributed by atoms with Gasteiger partial charge in [-0.25, -0.2) is 4.39 Å². The van der Waals surface area contributed by atoms with Crippen LogP contribution < -0.4 is 0 Å². The average Bonchev–Trinajstić information content (AvgIpc) is 3.01. The van der Waals surface area contributed by atoms with Crippen molar-refractivity contribution in [2.24, 2.45) is 5.92 Å². The van der Waals surface area contributed by atoms with Crippen LogP contribution in [0.3, 0.4) is 0 Å². The van der Waals surface area contributed by atoms with Crippen LogP contribution in [0.15, 0.2) is 18.2 Å². The van der Waals surface area contributed by atoms with Crippen molar-refractivity contribution < 1.29 is 9.18 Å². The maximum atomic E-state index is 12.9. The van der Waals surface area contributed by atoms with Crippen molar-refractivity contribution in [3.05, 3.63) is 35.1 Å². The lowest BCUT2D eigenvalue weighted by atomic mass is 10.0. The van der Waals surface area contributed by atoms with Crippen LogP contribution in [0.25, 0.3) is 0 Å². The second-order valence-electron chi connectivity index (χ2n) is 3.44. The number of hydrogen-bond donors (Lipinski definition) is 0. The van der Waals surface area contributed by atoms with Crippen molar-refractivity contribution in [3.8, 4) is 6.07 Å². The summed E-state index contributed by atoms with van der Waals surface area (Å²) in [6, 6.07) is 5.67. The number of hydrogen-bond acceptors (Lipinski definition) is 2. The van der Waals surface area contributed by atoms with E-state index in [1.54, 1.807) is 6.07 Å². The Morgan fingerprint density at radius 1 is 1.50 bits per heavy atom. The second-order valence-corrected chi connectivity index (χ2v) is 3.44. The highest BCUT2D eigenvalue weighted by molar-refractivity contribution is 5.99. The molecule has 0 saturated heterocycles. The van der Waals surface area contributed by atoms with E-state index in [2.05, 4.69) is 0 Å². The number of benzene rings is 1. The monoisotopic (exact) mass is 189 g/mol. The molecule has 1 aromatic rings. The van der Waals surface area contributed by atoms with E-state index in [1.807, 2.05) is 0 Å². The van der Waals surface area contributed by atoms with Crippen LogP contribution >= 0.6 is 0 Å². The molecular weight excluding hydrogens is 181 g/mol. The average molecular weight is 189 g/mol. The van der Waals surface area contributed by atoms with Gasteiger partial charge in [-0.2, -0.15) is 5.26 Å². The zero-order chi connectivity index (χ0) is 10.1. The minimum atomic E-state index is -0.570. The molecule has 2 rings (SSSR count). The predicted molar refractivity (Wildman–Crippen MR) is 48.2 cm³/mol. The quantitative estimate of drug-likeness (QED) is 0.669. The highest BCUT2D eigenvalue weighted by Crippen LogP contribution is 2.32. The lowest BCUT2D eigenvalue weighted by Crippen LogP contribution is -2.02. The third-order valence-electron chi connectivity index (χ3n) is 2.32. The number of rotatable bonds is 2. The van der Waals surface area contributed by atoms with Gasteiger partial charge in [-0.3, -0.25) is 4.79 Å². The summed E-state index contributed by atoms with van der Waals surface area (Å²) in [5.74, 6) is -0.437. The molecule has 1 saturated carbocycles. The number of nitrogens with zero attached hydrogens (tertiary/aromatic N) is 1. The molecule has 2 nitrogen and oxygen atoms in total. The zero-order valence-corrected chi connectivity index (χ0v) is 7.46. The van der Waals surface area contributed by atoms with Crippen LogP contribution in [0.4, 0.5) is 4.39 Å². The lowest BCUT2D eigenvalue weighted by Gasteiger charge is -1.99.